The average Bonchev–Trinajstić information content (AvgIpc) is 3.03. The number of carbonyl (C=O) groups is 1. The van der Waals surface area contributed by atoms with Gasteiger partial charge >= 0.3 is 0 Å². The summed E-state index contributed by atoms with van der Waals surface area (Å²) < 4.78 is 5.58. The van der Waals surface area contributed by atoms with Gasteiger partial charge in [-0.15, -0.1) is 0 Å². The van der Waals surface area contributed by atoms with Crippen LogP contribution in [0.4, 0.5) is 0 Å². The normalized spacial score (nSPS) is 17.8. The summed E-state index contributed by atoms with van der Waals surface area (Å²) in [6.45, 7) is 4.11. The van der Waals surface area contributed by atoms with Gasteiger partial charge in [0.1, 0.15) is 0 Å². The Morgan fingerprint density at radius 2 is 2.24 bits per heavy atom. The van der Waals surface area contributed by atoms with Gasteiger partial charge in [0.25, 0.3) is 0 Å². The second-order valence-electron chi connectivity index (χ2n) is 5.08. The summed E-state index contributed by atoms with van der Waals surface area (Å²) in [5.74, 6) is -0.00244. The summed E-state index contributed by atoms with van der Waals surface area (Å²) in [5, 5.41) is 8.75. The highest BCUT2D eigenvalue weighted by Gasteiger charge is 2.20. The van der Waals surface area contributed by atoms with Crippen LogP contribution in [0.1, 0.15) is 30.9 Å². The summed E-state index contributed by atoms with van der Waals surface area (Å²) >= 11 is 0. The van der Waals surface area contributed by atoms with Gasteiger partial charge in [-0.3, -0.25) is 4.79 Å². The molecule has 1 amide bonds. The number of benzene rings is 1. The van der Waals surface area contributed by atoms with E-state index in [2.05, 4.69) is 6.07 Å². The molecule has 0 N–H and O–H groups in total. The van der Waals surface area contributed by atoms with Gasteiger partial charge < -0.3 is 9.64 Å². The molecule has 0 spiro atoms. The third-order valence-corrected chi connectivity index (χ3v) is 3.60. The predicted octanol–water partition coefficient (Wildman–Crippen LogP) is 2.60. The van der Waals surface area contributed by atoms with Gasteiger partial charge in [0.15, 0.2) is 0 Å². The van der Waals surface area contributed by atoms with E-state index in [0.717, 1.165) is 25.0 Å². The summed E-state index contributed by atoms with van der Waals surface area (Å²) in [5.41, 5.74) is 1.53. The molecule has 4 heteroatoms. The number of hydrogen-bond donors (Lipinski definition) is 0. The van der Waals surface area contributed by atoms with Crippen LogP contribution in [0.2, 0.25) is 0 Å². The van der Waals surface area contributed by atoms with Gasteiger partial charge in [-0.1, -0.05) is 12.1 Å². The van der Waals surface area contributed by atoms with Crippen LogP contribution in [0, 0.1) is 11.3 Å². The van der Waals surface area contributed by atoms with Gasteiger partial charge in [0.2, 0.25) is 5.91 Å². The molecule has 0 radical (unpaired) electrons. The van der Waals surface area contributed by atoms with Gasteiger partial charge in [-0.2, -0.15) is 5.26 Å². The van der Waals surface area contributed by atoms with E-state index >= 15 is 0 Å². The number of nitriles is 1. The van der Waals surface area contributed by atoms with Crippen LogP contribution in [0.25, 0.3) is 6.08 Å². The molecule has 1 unspecified atom stereocenters. The van der Waals surface area contributed by atoms with E-state index in [0.29, 0.717) is 18.7 Å². The molecule has 1 fully saturated rings. The van der Waals surface area contributed by atoms with E-state index in [1.807, 2.05) is 19.1 Å². The van der Waals surface area contributed by atoms with Crippen LogP contribution in [-0.2, 0) is 9.53 Å². The lowest BCUT2D eigenvalue weighted by Gasteiger charge is -2.22. The number of ether oxygens (including phenoxy) is 1. The summed E-state index contributed by atoms with van der Waals surface area (Å²) in [6.07, 6.45) is 5.65. The quantitative estimate of drug-likeness (QED) is 0.781. The second kappa shape index (κ2) is 7.61. The molecule has 0 bridgehead atoms. The van der Waals surface area contributed by atoms with Crippen LogP contribution in [0.3, 0.4) is 0 Å². The highest BCUT2D eigenvalue weighted by Crippen LogP contribution is 2.14. The Balaban J connectivity index is 1.93. The lowest BCUT2D eigenvalue weighted by molar-refractivity contribution is -0.127. The van der Waals surface area contributed by atoms with Crippen molar-refractivity contribution < 1.29 is 9.53 Å². The second-order valence-corrected chi connectivity index (χ2v) is 5.08. The molecule has 4 nitrogen and oxygen atoms in total. The lowest BCUT2D eigenvalue weighted by Crippen LogP contribution is -2.36. The van der Waals surface area contributed by atoms with Gasteiger partial charge in [0, 0.05) is 25.8 Å². The van der Waals surface area contributed by atoms with Crippen molar-refractivity contribution >= 4 is 12.0 Å². The predicted molar refractivity (Wildman–Crippen MR) is 81.4 cm³/mol. The zero-order chi connectivity index (χ0) is 15.1. The fraction of sp³-hybridized carbons (Fsp3) is 0.412. The van der Waals surface area contributed by atoms with E-state index in [4.69, 9.17) is 10.00 Å². The van der Waals surface area contributed by atoms with Crippen molar-refractivity contribution in [2.45, 2.75) is 25.9 Å². The molecule has 1 saturated heterocycles. The molecule has 2 rings (SSSR count). The maximum absolute atomic E-state index is 12.2. The van der Waals surface area contributed by atoms with Crippen LogP contribution in [0.5, 0.6) is 0 Å². The van der Waals surface area contributed by atoms with Gasteiger partial charge in [0.05, 0.1) is 17.7 Å². The Morgan fingerprint density at radius 3 is 2.81 bits per heavy atom. The monoisotopic (exact) mass is 284 g/mol. The molecule has 0 saturated carbocycles. The van der Waals surface area contributed by atoms with Crippen LogP contribution in [0.15, 0.2) is 30.3 Å². The highest BCUT2D eigenvalue weighted by molar-refractivity contribution is 5.91. The first-order valence-corrected chi connectivity index (χ1v) is 7.31. The van der Waals surface area contributed by atoms with Crippen LogP contribution in [-0.4, -0.2) is 36.6 Å². The van der Waals surface area contributed by atoms with Crippen molar-refractivity contribution in [2.75, 3.05) is 19.7 Å². The lowest BCUT2D eigenvalue weighted by atomic mass is 10.1. The van der Waals surface area contributed by atoms with E-state index in [-0.39, 0.29) is 12.0 Å². The minimum atomic E-state index is -0.00244. The molecule has 110 valence electrons. The number of carbonyl (C=O) groups excluding carboxylic acids is 1. The summed E-state index contributed by atoms with van der Waals surface area (Å²) in [6, 6.07) is 9.23. The first kappa shape index (κ1) is 15.3. The van der Waals surface area contributed by atoms with Gasteiger partial charge in [-0.25, -0.2) is 0 Å². The average molecular weight is 284 g/mol. The molecule has 0 aliphatic carbocycles. The topological polar surface area (TPSA) is 53.3 Å². The highest BCUT2D eigenvalue weighted by atomic mass is 16.5. The van der Waals surface area contributed by atoms with Crippen LogP contribution < -0.4 is 0 Å². The number of amides is 1. The van der Waals surface area contributed by atoms with E-state index < -0.39 is 0 Å². The number of rotatable bonds is 5. The third-order valence-electron chi connectivity index (χ3n) is 3.60. The molecule has 1 aliphatic heterocycles. The van der Waals surface area contributed by atoms with Gasteiger partial charge in [-0.05, 0) is 43.5 Å². The number of likely N-dealkylation sites (N-methyl/N-ethyl adjacent to an activating group) is 1. The summed E-state index contributed by atoms with van der Waals surface area (Å²) in [7, 11) is 0. The maximum atomic E-state index is 12.2. The Bertz CT molecular complexity index is 537. The largest absolute Gasteiger partial charge is 0.376 e. The third kappa shape index (κ3) is 4.44. The molecule has 21 heavy (non-hydrogen) atoms. The SMILES string of the molecule is CCN(CC1CCCO1)C(=O)C=Cc1ccc(C#N)cc1. The molecule has 1 atom stereocenters. The van der Waals surface area contributed by atoms with E-state index in [1.54, 1.807) is 29.2 Å². The standard InChI is InChI=1S/C17H20N2O2/c1-2-19(13-16-4-3-11-21-16)17(20)10-9-14-5-7-15(12-18)8-6-14/h5-10,16H,2-4,11,13H2,1H3. The Hall–Kier alpha value is -2.12. The molecule has 1 aromatic rings. The minimum absolute atomic E-state index is 0.00244. The number of hydrogen-bond acceptors (Lipinski definition) is 3. The van der Waals surface area contributed by atoms with Crippen molar-refractivity contribution in [3.63, 3.8) is 0 Å². The first-order valence-electron chi connectivity index (χ1n) is 7.31. The zero-order valence-corrected chi connectivity index (χ0v) is 12.3. The van der Waals surface area contributed by atoms with Crippen molar-refractivity contribution in [3.05, 3.63) is 41.5 Å². The van der Waals surface area contributed by atoms with Crippen molar-refractivity contribution in [3.8, 4) is 6.07 Å². The summed E-state index contributed by atoms with van der Waals surface area (Å²) in [4.78, 5) is 14.0. The molecular weight excluding hydrogens is 264 g/mol. The molecular formula is C17H20N2O2. The minimum Gasteiger partial charge on any atom is -0.376 e. The maximum Gasteiger partial charge on any atom is 0.246 e. The van der Waals surface area contributed by atoms with E-state index in [1.165, 1.54) is 0 Å². The Morgan fingerprint density at radius 1 is 1.48 bits per heavy atom. The smallest absolute Gasteiger partial charge is 0.246 e. The van der Waals surface area contributed by atoms with E-state index in [9.17, 15) is 4.79 Å². The fourth-order valence-electron chi connectivity index (χ4n) is 2.35. The number of nitrogens with zero attached hydrogens (tertiary/aromatic N) is 2. The molecule has 1 aromatic carbocycles. The Labute approximate surface area is 125 Å². The molecule has 1 aliphatic rings. The van der Waals surface area contributed by atoms with Crippen molar-refractivity contribution in [1.29, 1.82) is 5.26 Å². The molecule has 0 aromatic heterocycles. The van der Waals surface area contributed by atoms with Crippen LogP contribution >= 0.6 is 0 Å². The first-order chi connectivity index (χ1) is 10.2. The Kier molecular flexibility index (Phi) is 5.53. The van der Waals surface area contributed by atoms with Crippen molar-refractivity contribution in [1.82, 2.24) is 4.90 Å². The molecule has 1 heterocycles. The van der Waals surface area contributed by atoms with Crippen molar-refractivity contribution in [2.24, 2.45) is 0 Å². The zero-order valence-electron chi connectivity index (χ0n) is 12.3. The fourth-order valence-corrected chi connectivity index (χ4v) is 2.35.